The van der Waals surface area contributed by atoms with Crippen molar-refractivity contribution in [3.8, 4) is 0 Å². The van der Waals surface area contributed by atoms with Crippen molar-refractivity contribution in [1.82, 2.24) is 19.9 Å². The predicted octanol–water partition coefficient (Wildman–Crippen LogP) is 3.88. The molecule has 1 aromatic carbocycles. The fourth-order valence-electron chi connectivity index (χ4n) is 3.88. The van der Waals surface area contributed by atoms with E-state index in [1.165, 1.54) is 6.07 Å². The lowest BCUT2D eigenvalue weighted by atomic mass is 9.93. The molecule has 3 aromatic rings. The van der Waals surface area contributed by atoms with Gasteiger partial charge in [-0.15, -0.1) is 0 Å². The topological polar surface area (TPSA) is 83.0 Å². The molecule has 0 aliphatic carbocycles. The zero-order valence-corrected chi connectivity index (χ0v) is 17.4. The number of carbonyl (C=O) groups excluding carboxylic acids is 1. The summed E-state index contributed by atoms with van der Waals surface area (Å²) in [6.45, 7) is 3.75. The first-order chi connectivity index (χ1) is 15.1. The summed E-state index contributed by atoms with van der Waals surface area (Å²) in [4.78, 5) is 27.6. The number of anilines is 3. The molecule has 0 bridgehead atoms. The molecular formula is C23H25FN6O. The fraction of sp³-hybridized carbons (Fsp3) is 0.304. The molecule has 8 heteroatoms. The third-order valence-corrected chi connectivity index (χ3v) is 5.25. The highest BCUT2D eigenvalue weighted by Crippen LogP contribution is 2.28. The van der Waals surface area contributed by atoms with E-state index in [-0.39, 0.29) is 24.1 Å². The van der Waals surface area contributed by atoms with E-state index in [2.05, 4.69) is 25.5 Å². The molecular weight excluding hydrogens is 395 g/mol. The van der Waals surface area contributed by atoms with E-state index in [4.69, 9.17) is 4.98 Å². The minimum atomic E-state index is -0.431. The maximum Gasteiger partial charge on any atom is 0.238 e. The molecule has 1 aliphatic rings. The van der Waals surface area contributed by atoms with Gasteiger partial charge in [0.2, 0.25) is 5.91 Å². The largest absolute Gasteiger partial charge is 0.339 e. The van der Waals surface area contributed by atoms with Gasteiger partial charge < -0.3 is 10.6 Å². The third-order valence-electron chi connectivity index (χ3n) is 5.25. The van der Waals surface area contributed by atoms with Gasteiger partial charge in [0.1, 0.15) is 11.6 Å². The Labute approximate surface area is 180 Å². The Morgan fingerprint density at radius 2 is 2.13 bits per heavy atom. The number of carbonyl (C=O) groups is 1. The monoisotopic (exact) mass is 420 g/mol. The van der Waals surface area contributed by atoms with Crippen LogP contribution < -0.4 is 10.6 Å². The summed E-state index contributed by atoms with van der Waals surface area (Å²) in [6.07, 6.45) is 6.93. The number of halogens is 1. The van der Waals surface area contributed by atoms with Gasteiger partial charge >= 0.3 is 0 Å². The number of benzene rings is 1. The second-order valence-electron chi connectivity index (χ2n) is 7.74. The number of amides is 1. The van der Waals surface area contributed by atoms with E-state index < -0.39 is 5.82 Å². The molecule has 160 valence electrons. The van der Waals surface area contributed by atoms with Gasteiger partial charge in [0.15, 0.2) is 0 Å². The Morgan fingerprint density at radius 1 is 1.26 bits per heavy atom. The number of para-hydroxylation sites is 1. The van der Waals surface area contributed by atoms with Gasteiger partial charge in [-0.3, -0.25) is 19.7 Å². The molecule has 31 heavy (non-hydrogen) atoms. The van der Waals surface area contributed by atoms with Gasteiger partial charge in [-0.2, -0.15) is 0 Å². The zero-order chi connectivity index (χ0) is 21.6. The van der Waals surface area contributed by atoms with E-state index in [1.807, 2.05) is 19.1 Å². The Morgan fingerprint density at radius 3 is 2.94 bits per heavy atom. The highest BCUT2D eigenvalue weighted by Gasteiger charge is 2.24. The van der Waals surface area contributed by atoms with Crippen LogP contribution in [-0.4, -0.2) is 45.4 Å². The minimum absolute atomic E-state index is 0.209. The van der Waals surface area contributed by atoms with Crippen molar-refractivity contribution in [1.29, 1.82) is 0 Å². The molecule has 1 fully saturated rings. The first kappa shape index (κ1) is 20.9. The molecule has 0 radical (unpaired) electrons. The van der Waals surface area contributed by atoms with Crippen LogP contribution >= 0.6 is 0 Å². The normalized spacial score (nSPS) is 16.6. The van der Waals surface area contributed by atoms with Gasteiger partial charge in [0.25, 0.3) is 0 Å². The lowest BCUT2D eigenvalue weighted by Gasteiger charge is -2.32. The van der Waals surface area contributed by atoms with Crippen molar-refractivity contribution in [3.63, 3.8) is 0 Å². The minimum Gasteiger partial charge on any atom is -0.339 e. The average molecular weight is 420 g/mol. The summed E-state index contributed by atoms with van der Waals surface area (Å²) in [5, 5.41) is 5.94. The van der Waals surface area contributed by atoms with Gasteiger partial charge in [0.05, 0.1) is 18.4 Å². The Kier molecular flexibility index (Phi) is 6.47. The highest BCUT2D eigenvalue weighted by molar-refractivity contribution is 5.92. The molecule has 1 amide bonds. The first-order valence-electron chi connectivity index (χ1n) is 10.3. The highest BCUT2D eigenvalue weighted by atomic mass is 19.1. The van der Waals surface area contributed by atoms with Crippen LogP contribution in [0.5, 0.6) is 0 Å². The van der Waals surface area contributed by atoms with Crippen LogP contribution in [0, 0.1) is 12.7 Å². The van der Waals surface area contributed by atoms with Gasteiger partial charge in [-0.25, -0.2) is 9.37 Å². The molecule has 3 heterocycles. The van der Waals surface area contributed by atoms with Gasteiger partial charge in [0, 0.05) is 41.9 Å². The maximum atomic E-state index is 13.8. The number of pyridine rings is 1. The van der Waals surface area contributed by atoms with E-state index in [1.54, 1.807) is 36.8 Å². The van der Waals surface area contributed by atoms with Crippen LogP contribution in [-0.2, 0) is 4.79 Å². The summed E-state index contributed by atoms with van der Waals surface area (Å²) in [6, 6.07) is 10.2. The lowest BCUT2D eigenvalue weighted by Crippen LogP contribution is -2.40. The summed E-state index contributed by atoms with van der Waals surface area (Å²) in [5.41, 5.74) is 3.03. The number of nitrogens with one attached hydrogen (secondary N) is 2. The summed E-state index contributed by atoms with van der Waals surface area (Å²) < 4.78 is 13.8. The summed E-state index contributed by atoms with van der Waals surface area (Å²) >= 11 is 0. The van der Waals surface area contributed by atoms with Crippen molar-refractivity contribution < 1.29 is 9.18 Å². The molecule has 2 N–H and O–H groups in total. The molecule has 1 atom stereocenters. The van der Waals surface area contributed by atoms with Crippen LogP contribution in [0.4, 0.5) is 21.6 Å². The van der Waals surface area contributed by atoms with Crippen molar-refractivity contribution in [2.24, 2.45) is 0 Å². The number of hydrogen-bond acceptors (Lipinski definition) is 6. The maximum absolute atomic E-state index is 13.8. The quantitative estimate of drug-likeness (QED) is 0.630. The molecule has 1 aliphatic heterocycles. The number of nitrogens with zero attached hydrogens (tertiary/aromatic N) is 4. The zero-order valence-electron chi connectivity index (χ0n) is 17.4. The summed E-state index contributed by atoms with van der Waals surface area (Å²) in [7, 11) is 0. The first-order valence-corrected chi connectivity index (χ1v) is 10.3. The number of likely N-dealkylation sites (tertiary alicyclic amines) is 1. The molecule has 1 saturated heterocycles. The van der Waals surface area contributed by atoms with Crippen LogP contribution in [0.1, 0.15) is 30.1 Å². The van der Waals surface area contributed by atoms with Crippen molar-refractivity contribution in [2.45, 2.75) is 25.7 Å². The summed E-state index contributed by atoms with van der Waals surface area (Å²) in [5.74, 6) is 0.249. The lowest BCUT2D eigenvalue weighted by molar-refractivity contribution is -0.117. The van der Waals surface area contributed by atoms with Crippen LogP contribution in [0.2, 0.25) is 0 Å². The Hall–Kier alpha value is -3.39. The van der Waals surface area contributed by atoms with Gasteiger partial charge in [-0.1, -0.05) is 12.1 Å². The number of piperidine rings is 1. The van der Waals surface area contributed by atoms with E-state index in [9.17, 15) is 9.18 Å². The van der Waals surface area contributed by atoms with Crippen molar-refractivity contribution >= 4 is 23.1 Å². The third kappa shape index (κ3) is 5.61. The average Bonchev–Trinajstić information content (AvgIpc) is 2.76. The molecule has 0 unspecified atom stereocenters. The number of rotatable bonds is 6. The molecule has 2 aromatic heterocycles. The van der Waals surface area contributed by atoms with Crippen molar-refractivity contribution in [3.05, 3.63) is 72.2 Å². The molecule has 0 saturated carbocycles. The Bertz CT molecular complexity index is 1050. The predicted molar refractivity (Wildman–Crippen MR) is 118 cm³/mol. The van der Waals surface area contributed by atoms with Crippen LogP contribution in [0.3, 0.4) is 0 Å². The second kappa shape index (κ2) is 9.61. The van der Waals surface area contributed by atoms with Crippen LogP contribution in [0.15, 0.2) is 55.0 Å². The molecule has 0 spiro atoms. The molecule has 4 rings (SSSR count). The van der Waals surface area contributed by atoms with Crippen LogP contribution in [0.25, 0.3) is 0 Å². The second-order valence-corrected chi connectivity index (χ2v) is 7.74. The van der Waals surface area contributed by atoms with Crippen molar-refractivity contribution in [2.75, 3.05) is 30.3 Å². The number of aromatic nitrogens is 3. The van der Waals surface area contributed by atoms with Gasteiger partial charge in [-0.05, 0) is 50.6 Å². The Balaban J connectivity index is 1.41. The van der Waals surface area contributed by atoms with E-state index in [0.717, 1.165) is 43.0 Å². The standard InChI is InChI=1S/C23H25FN6O/c1-16-11-18(28-22-13-25-8-9-26-22)12-21(27-16)17-5-4-10-30(14-17)15-23(31)29-20-7-3-2-6-19(20)24/h2-3,6-9,11-13,17H,4-5,10,14-15H2,1H3,(H,29,31)(H,26,27,28)/t17-/m0/s1. The van der Waals surface area contributed by atoms with E-state index in [0.29, 0.717) is 5.82 Å². The SMILES string of the molecule is Cc1cc(Nc2cnccn2)cc([C@H]2CCCN(CC(=O)Nc3ccccc3F)C2)n1. The fourth-order valence-corrected chi connectivity index (χ4v) is 3.88. The van der Waals surface area contributed by atoms with E-state index >= 15 is 0 Å². The molecule has 7 nitrogen and oxygen atoms in total. The number of hydrogen-bond donors (Lipinski definition) is 2. The number of aryl methyl sites for hydroxylation is 1. The smallest absolute Gasteiger partial charge is 0.238 e.